The molecule has 1 aliphatic rings. The maximum absolute atomic E-state index is 14.0. The Morgan fingerprint density at radius 3 is 2.41 bits per heavy atom. The first kappa shape index (κ1) is 29.1. The molecule has 0 aliphatic carbocycles. The number of hydrogen-bond acceptors (Lipinski definition) is 7. The van der Waals surface area contributed by atoms with Gasteiger partial charge in [0.05, 0.1) is 11.6 Å². The average Bonchev–Trinajstić information content (AvgIpc) is 3.51. The lowest BCUT2D eigenvalue weighted by Gasteiger charge is -2.16. The van der Waals surface area contributed by atoms with E-state index in [4.69, 9.17) is 14.6 Å². The molecule has 4 aromatic rings. The molecule has 1 fully saturated rings. The van der Waals surface area contributed by atoms with Gasteiger partial charge in [-0.05, 0) is 92.4 Å². The molecule has 5 rings (SSSR count). The van der Waals surface area contributed by atoms with E-state index in [1.165, 1.54) is 24.3 Å². The van der Waals surface area contributed by atoms with Crippen LogP contribution in [0.2, 0.25) is 0 Å². The molecule has 0 spiro atoms. The fourth-order valence-corrected chi connectivity index (χ4v) is 6.87. The Morgan fingerprint density at radius 2 is 1.76 bits per heavy atom. The molecule has 1 saturated heterocycles. The number of benzene rings is 3. The predicted molar refractivity (Wildman–Crippen MR) is 155 cm³/mol. The van der Waals surface area contributed by atoms with Gasteiger partial charge in [-0.1, -0.05) is 0 Å². The molecule has 0 amide bonds. The first-order chi connectivity index (χ1) is 19.5. The predicted octanol–water partition coefficient (Wildman–Crippen LogP) is 6.14. The zero-order valence-corrected chi connectivity index (χ0v) is 24.3. The van der Waals surface area contributed by atoms with Crippen LogP contribution in [0.4, 0.5) is 8.78 Å². The number of nitrogens with two attached hydrogens (primary N) is 1. The molecule has 1 atom stereocenters. The van der Waals surface area contributed by atoms with Crippen molar-refractivity contribution in [2.75, 3.05) is 26.3 Å². The Bertz CT molecular complexity index is 1680. The highest BCUT2D eigenvalue weighted by Gasteiger charge is 2.26. The summed E-state index contributed by atoms with van der Waals surface area (Å²) in [6.07, 6.45) is 1.39. The third-order valence-electron chi connectivity index (χ3n) is 7.06. The second kappa shape index (κ2) is 11.8. The van der Waals surface area contributed by atoms with E-state index in [0.29, 0.717) is 51.2 Å². The molecule has 0 radical (unpaired) electrons. The smallest absolute Gasteiger partial charge is 0.238 e. The van der Waals surface area contributed by atoms with Crippen LogP contribution >= 0.6 is 11.3 Å². The number of aryl methyl sites for hydroxylation is 2. The minimum absolute atomic E-state index is 0.0154. The number of carbonyl (C=O) groups is 1. The van der Waals surface area contributed by atoms with Crippen molar-refractivity contribution in [3.8, 4) is 17.2 Å². The molecule has 41 heavy (non-hydrogen) atoms. The highest BCUT2D eigenvalue weighted by molar-refractivity contribution is 7.89. The molecule has 216 valence electrons. The lowest BCUT2D eigenvalue weighted by Crippen LogP contribution is -2.26. The number of fused-ring (bicyclic) bond motifs is 1. The Balaban J connectivity index is 1.45. The second-order valence-corrected chi connectivity index (χ2v) is 12.8. The molecule has 0 saturated carbocycles. The van der Waals surface area contributed by atoms with Crippen molar-refractivity contribution in [3.05, 3.63) is 82.0 Å². The first-order valence-corrected chi connectivity index (χ1v) is 15.5. The van der Waals surface area contributed by atoms with Crippen molar-refractivity contribution in [1.29, 1.82) is 0 Å². The maximum Gasteiger partial charge on any atom is 0.238 e. The maximum atomic E-state index is 14.0. The van der Waals surface area contributed by atoms with E-state index in [1.54, 1.807) is 44.2 Å². The van der Waals surface area contributed by atoms with Crippen molar-refractivity contribution < 1.29 is 31.5 Å². The number of likely N-dealkylation sites (tertiary alicyclic amines) is 1. The number of thiophene rings is 1. The number of nitrogens with zero attached hydrogens (tertiary/aromatic N) is 1. The third kappa shape index (κ3) is 6.43. The van der Waals surface area contributed by atoms with Crippen molar-refractivity contribution in [1.82, 2.24) is 4.90 Å². The van der Waals surface area contributed by atoms with Crippen LogP contribution in [0.5, 0.6) is 17.2 Å². The number of hydrogen-bond donors (Lipinski definition) is 1. The summed E-state index contributed by atoms with van der Waals surface area (Å²) in [4.78, 5) is 16.2. The van der Waals surface area contributed by atoms with E-state index in [9.17, 15) is 22.0 Å². The number of alkyl halides is 1. The van der Waals surface area contributed by atoms with E-state index in [2.05, 4.69) is 4.90 Å². The fourth-order valence-electron chi connectivity index (χ4n) is 5.14. The van der Waals surface area contributed by atoms with Crippen molar-refractivity contribution >= 4 is 37.2 Å². The van der Waals surface area contributed by atoms with Crippen LogP contribution in [0.3, 0.4) is 0 Å². The summed E-state index contributed by atoms with van der Waals surface area (Å²) in [5.74, 6) is 0.593. The monoisotopic (exact) mass is 600 g/mol. The van der Waals surface area contributed by atoms with Crippen LogP contribution < -0.4 is 14.6 Å². The summed E-state index contributed by atoms with van der Waals surface area (Å²) in [5.41, 5.74) is 1.32. The zero-order valence-electron chi connectivity index (χ0n) is 22.7. The van der Waals surface area contributed by atoms with Gasteiger partial charge in [-0.2, -0.15) is 0 Å². The third-order valence-corrected chi connectivity index (χ3v) is 9.10. The molecule has 11 heteroatoms. The Kier molecular flexibility index (Phi) is 8.42. The average molecular weight is 601 g/mol. The summed E-state index contributed by atoms with van der Waals surface area (Å²) < 4.78 is 63.3. The molecule has 2 heterocycles. The standard InChI is InChI=1S/C30H30F2N2O5S2/c1-18-14-20(32)15-19(2)27(18)28(35)30-29(25-9-8-24(41(33,36)37)16-26(25)40-30)39-22-6-4-21(5-7-22)38-23-10-13-34(17-23)12-3-11-31/h4-9,14-16,23H,3,10-13,17H2,1-2H3,(H2,33,36,37)/t23-/m0/s1. The van der Waals surface area contributed by atoms with Gasteiger partial charge in [-0.3, -0.25) is 14.1 Å². The van der Waals surface area contributed by atoms with Gasteiger partial charge in [0.2, 0.25) is 15.8 Å². The summed E-state index contributed by atoms with van der Waals surface area (Å²) in [6.45, 7) is 5.34. The van der Waals surface area contributed by atoms with E-state index >= 15 is 0 Å². The summed E-state index contributed by atoms with van der Waals surface area (Å²) in [7, 11) is -3.96. The summed E-state index contributed by atoms with van der Waals surface area (Å²) >= 11 is 1.09. The number of sulfonamides is 1. The first-order valence-electron chi connectivity index (χ1n) is 13.2. The largest absolute Gasteiger partial charge is 0.489 e. The van der Waals surface area contributed by atoms with Crippen molar-refractivity contribution in [3.63, 3.8) is 0 Å². The number of rotatable bonds is 10. The zero-order chi connectivity index (χ0) is 29.3. The number of primary sulfonamides is 1. The molecule has 0 bridgehead atoms. The Labute approximate surface area is 241 Å². The van der Waals surface area contributed by atoms with Gasteiger partial charge in [0.25, 0.3) is 0 Å². The summed E-state index contributed by atoms with van der Waals surface area (Å²) in [6, 6.07) is 14.0. The summed E-state index contributed by atoms with van der Waals surface area (Å²) in [5, 5.41) is 5.88. The molecule has 1 aromatic heterocycles. The SMILES string of the molecule is Cc1cc(F)cc(C)c1C(=O)c1sc2cc(S(N)(=O)=O)ccc2c1Oc1ccc(O[C@H]2CCN(CCCF)C2)cc1. The van der Waals surface area contributed by atoms with E-state index < -0.39 is 15.8 Å². The van der Waals surface area contributed by atoms with E-state index in [-0.39, 0.29) is 34.1 Å². The highest BCUT2D eigenvalue weighted by Crippen LogP contribution is 2.43. The fraction of sp³-hybridized carbons (Fsp3) is 0.300. The minimum Gasteiger partial charge on any atom is -0.489 e. The number of ether oxygens (including phenoxy) is 2. The quantitative estimate of drug-likeness (QED) is 0.220. The molecule has 3 aromatic carbocycles. The lowest BCUT2D eigenvalue weighted by atomic mass is 9.97. The second-order valence-electron chi connectivity index (χ2n) is 10.2. The minimum atomic E-state index is -3.96. The van der Waals surface area contributed by atoms with Crippen LogP contribution in [0.1, 0.15) is 39.2 Å². The van der Waals surface area contributed by atoms with Crippen LogP contribution in [-0.4, -0.2) is 51.5 Å². The number of halogens is 2. The van der Waals surface area contributed by atoms with Crippen molar-refractivity contribution in [2.45, 2.75) is 37.7 Å². The van der Waals surface area contributed by atoms with E-state index in [0.717, 1.165) is 30.8 Å². The molecule has 2 N–H and O–H groups in total. The van der Waals surface area contributed by atoms with Crippen LogP contribution in [0.25, 0.3) is 10.1 Å². The van der Waals surface area contributed by atoms with Gasteiger partial charge < -0.3 is 9.47 Å². The van der Waals surface area contributed by atoms with E-state index in [1.807, 2.05) is 0 Å². The van der Waals surface area contributed by atoms with Gasteiger partial charge >= 0.3 is 0 Å². The number of ketones is 1. The highest BCUT2D eigenvalue weighted by atomic mass is 32.2. The number of carbonyl (C=O) groups excluding carboxylic acids is 1. The molecular formula is C30H30F2N2O5S2. The Morgan fingerprint density at radius 1 is 1.07 bits per heavy atom. The molecular weight excluding hydrogens is 570 g/mol. The lowest BCUT2D eigenvalue weighted by molar-refractivity contribution is 0.103. The van der Waals surface area contributed by atoms with Gasteiger partial charge in [0.1, 0.15) is 28.3 Å². The van der Waals surface area contributed by atoms with Gasteiger partial charge in [0.15, 0.2) is 5.75 Å². The van der Waals surface area contributed by atoms with Crippen molar-refractivity contribution in [2.24, 2.45) is 5.14 Å². The van der Waals surface area contributed by atoms with Crippen LogP contribution in [0, 0.1) is 19.7 Å². The molecule has 7 nitrogen and oxygen atoms in total. The molecule has 0 unspecified atom stereocenters. The normalized spacial score (nSPS) is 15.9. The van der Waals surface area contributed by atoms with Crippen LogP contribution in [-0.2, 0) is 10.0 Å². The topological polar surface area (TPSA) is 98.9 Å². The van der Waals surface area contributed by atoms with Gasteiger partial charge in [-0.15, -0.1) is 11.3 Å². The van der Waals surface area contributed by atoms with Crippen LogP contribution in [0.15, 0.2) is 59.5 Å². The Hall–Kier alpha value is -3.38. The van der Waals surface area contributed by atoms with Gasteiger partial charge in [0, 0.05) is 35.3 Å². The molecule has 1 aliphatic heterocycles. The van der Waals surface area contributed by atoms with Gasteiger partial charge in [-0.25, -0.2) is 17.9 Å².